The Kier molecular flexibility index (Phi) is 4.32. The molecule has 0 bridgehead atoms. The Labute approximate surface area is 127 Å². The Balaban J connectivity index is 1.70. The zero-order valence-corrected chi connectivity index (χ0v) is 12.8. The van der Waals surface area contributed by atoms with Crippen LogP contribution in [0.2, 0.25) is 0 Å². The number of hydrogen-bond acceptors (Lipinski definition) is 3. The van der Waals surface area contributed by atoms with E-state index in [0.717, 1.165) is 43.9 Å². The molecule has 1 N–H and O–H groups in total. The van der Waals surface area contributed by atoms with Crippen LogP contribution in [0, 0.1) is 0 Å². The van der Waals surface area contributed by atoms with Crippen LogP contribution in [0.3, 0.4) is 0 Å². The molecule has 21 heavy (non-hydrogen) atoms. The molecule has 1 unspecified atom stereocenters. The van der Waals surface area contributed by atoms with E-state index < -0.39 is 0 Å². The van der Waals surface area contributed by atoms with E-state index in [-0.39, 0.29) is 0 Å². The van der Waals surface area contributed by atoms with Gasteiger partial charge in [-0.3, -0.25) is 4.79 Å². The predicted octanol–water partition coefficient (Wildman–Crippen LogP) is 2.71. The first-order valence-electron chi connectivity index (χ1n) is 8.17. The number of likely N-dealkylation sites (tertiary alicyclic amines) is 1. The number of benzene rings is 1. The summed E-state index contributed by atoms with van der Waals surface area (Å²) < 4.78 is 0. The van der Waals surface area contributed by atoms with E-state index in [0.29, 0.717) is 18.5 Å². The van der Waals surface area contributed by atoms with Crippen LogP contribution >= 0.6 is 0 Å². The van der Waals surface area contributed by atoms with Crippen molar-refractivity contribution in [3.05, 3.63) is 24.3 Å². The van der Waals surface area contributed by atoms with Crippen LogP contribution in [0.4, 0.5) is 11.4 Å². The topological polar surface area (TPSA) is 35.6 Å². The normalized spacial score (nSPS) is 21.7. The third-order valence-corrected chi connectivity index (χ3v) is 4.69. The van der Waals surface area contributed by atoms with Crippen molar-refractivity contribution in [3.63, 3.8) is 0 Å². The van der Waals surface area contributed by atoms with Crippen LogP contribution in [-0.2, 0) is 4.79 Å². The lowest BCUT2D eigenvalue weighted by Gasteiger charge is -2.38. The number of fused-ring (bicyclic) bond motifs is 1. The second-order valence-corrected chi connectivity index (χ2v) is 6.01. The monoisotopic (exact) mass is 287 g/mol. The number of nitrogens with one attached hydrogen (secondary N) is 1. The summed E-state index contributed by atoms with van der Waals surface area (Å²) in [6.07, 6.45) is 4.66. The minimum atomic E-state index is 0.290. The molecular formula is C17H25N3O. The first-order chi connectivity index (χ1) is 10.3. The van der Waals surface area contributed by atoms with Gasteiger partial charge >= 0.3 is 0 Å². The maximum absolute atomic E-state index is 12.7. The van der Waals surface area contributed by atoms with E-state index in [1.165, 1.54) is 12.8 Å². The molecule has 2 aliphatic heterocycles. The number of anilines is 2. The molecule has 2 aliphatic rings. The molecular weight excluding hydrogens is 262 g/mol. The largest absolute Gasteiger partial charge is 0.382 e. The minimum absolute atomic E-state index is 0.290. The Morgan fingerprint density at radius 2 is 2.14 bits per heavy atom. The number of para-hydroxylation sites is 2. The van der Waals surface area contributed by atoms with Gasteiger partial charge in [0.25, 0.3) is 0 Å². The molecule has 2 heterocycles. The highest BCUT2D eigenvalue weighted by atomic mass is 16.2. The molecule has 0 saturated carbocycles. The summed E-state index contributed by atoms with van der Waals surface area (Å²) in [4.78, 5) is 17.0. The second-order valence-electron chi connectivity index (χ2n) is 6.01. The van der Waals surface area contributed by atoms with Gasteiger partial charge in [-0.2, -0.15) is 0 Å². The molecule has 1 amide bonds. The lowest BCUT2D eigenvalue weighted by Crippen LogP contribution is -2.49. The fraction of sp³-hybridized carbons (Fsp3) is 0.588. The molecule has 0 aliphatic carbocycles. The summed E-state index contributed by atoms with van der Waals surface area (Å²) in [6, 6.07) is 8.71. The summed E-state index contributed by atoms with van der Waals surface area (Å²) in [7, 11) is 0. The van der Waals surface area contributed by atoms with Crippen LogP contribution in [-0.4, -0.2) is 43.0 Å². The second kappa shape index (κ2) is 6.37. The molecule has 1 fully saturated rings. The van der Waals surface area contributed by atoms with Gasteiger partial charge in [-0.15, -0.1) is 0 Å². The molecule has 0 spiro atoms. The summed E-state index contributed by atoms with van der Waals surface area (Å²) in [6.45, 7) is 5.44. The Morgan fingerprint density at radius 1 is 1.29 bits per heavy atom. The average Bonchev–Trinajstić information content (AvgIpc) is 2.55. The predicted molar refractivity (Wildman–Crippen MR) is 86.8 cm³/mol. The van der Waals surface area contributed by atoms with Crippen molar-refractivity contribution >= 4 is 17.3 Å². The zero-order chi connectivity index (χ0) is 14.7. The average molecular weight is 287 g/mol. The maximum Gasteiger partial charge on any atom is 0.242 e. The standard InChI is InChI=1S/C17H25N3O/c1-2-14-7-5-6-11-20(14)17(21)13-19-12-10-18-15-8-3-4-9-16(15)19/h3-4,8-9,14,18H,2,5-7,10-13H2,1H3. The van der Waals surface area contributed by atoms with E-state index in [1.807, 2.05) is 12.1 Å². The van der Waals surface area contributed by atoms with Crippen molar-refractivity contribution < 1.29 is 4.79 Å². The van der Waals surface area contributed by atoms with Crippen molar-refractivity contribution in [3.8, 4) is 0 Å². The lowest BCUT2D eigenvalue weighted by molar-refractivity contribution is -0.133. The zero-order valence-electron chi connectivity index (χ0n) is 12.8. The number of piperidine rings is 1. The lowest BCUT2D eigenvalue weighted by atomic mass is 10.00. The Bertz CT molecular complexity index is 503. The molecule has 1 aromatic rings. The van der Waals surface area contributed by atoms with Crippen molar-refractivity contribution in [1.29, 1.82) is 0 Å². The van der Waals surface area contributed by atoms with E-state index >= 15 is 0 Å². The number of carbonyl (C=O) groups is 1. The van der Waals surface area contributed by atoms with Gasteiger partial charge < -0.3 is 15.1 Å². The van der Waals surface area contributed by atoms with Crippen LogP contribution in [0.5, 0.6) is 0 Å². The molecule has 4 nitrogen and oxygen atoms in total. The van der Waals surface area contributed by atoms with Crippen LogP contribution in [0.15, 0.2) is 24.3 Å². The van der Waals surface area contributed by atoms with Crippen molar-refractivity contribution in [2.45, 2.75) is 38.6 Å². The van der Waals surface area contributed by atoms with Gasteiger partial charge in [0.05, 0.1) is 17.9 Å². The first-order valence-corrected chi connectivity index (χ1v) is 8.17. The summed E-state index contributed by atoms with van der Waals surface area (Å²) in [5, 5.41) is 3.40. The van der Waals surface area contributed by atoms with Gasteiger partial charge in [-0.25, -0.2) is 0 Å². The van der Waals surface area contributed by atoms with Crippen LogP contribution in [0.1, 0.15) is 32.6 Å². The van der Waals surface area contributed by atoms with Gasteiger partial charge in [0.15, 0.2) is 0 Å². The number of amides is 1. The molecule has 114 valence electrons. The summed E-state index contributed by atoms with van der Waals surface area (Å²) >= 11 is 0. The highest BCUT2D eigenvalue weighted by Crippen LogP contribution is 2.28. The van der Waals surface area contributed by atoms with Crippen molar-refractivity contribution in [1.82, 2.24) is 4.90 Å². The van der Waals surface area contributed by atoms with Crippen molar-refractivity contribution in [2.75, 3.05) is 36.4 Å². The fourth-order valence-corrected chi connectivity index (χ4v) is 3.52. The number of hydrogen-bond donors (Lipinski definition) is 1. The Morgan fingerprint density at radius 3 is 3.00 bits per heavy atom. The van der Waals surface area contributed by atoms with Gasteiger partial charge in [-0.05, 0) is 37.8 Å². The highest BCUT2D eigenvalue weighted by molar-refractivity contribution is 5.84. The van der Waals surface area contributed by atoms with Gasteiger partial charge in [-0.1, -0.05) is 19.1 Å². The summed E-state index contributed by atoms with van der Waals surface area (Å²) in [5.41, 5.74) is 2.30. The summed E-state index contributed by atoms with van der Waals surface area (Å²) in [5.74, 6) is 0.290. The third-order valence-electron chi connectivity index (χ3n) is 4.69. The molecule has 1 saturated heterocycles. The number of rotatable bonds is 3. The highest BCUT2D eigenvalue weighted by Gasteiger charge is 2.27. The minimum Gasteiger partial charge on any atom is -0.382 e. The molecule has 3 rings (SSSR count). The molecule has 1 aromatic carbocycles. The van der Waals surface area contributed by atoms with E-state index in [9.17, 15) is 4.79 Å². The molecule has 4 heteroatoms. The van der Waals surface area contributed by atoms with E-state index in [4.69, 9.17) is 0 Å². The first kappa shape index (κ1) is 14.2. The van der Waals surface area contributed by atoms with E-state index in [1.54, 1.807) is 0 Å². The third kappa shape index (κ3) is 2.99. The molecule has 1 atom stereocenters. The smallest absolute Gasteiger partial charge is 0.242 e. The quantitative estimate of drug-likeness (QED) is 0.928. The van der Waals surface area contributed by atoms with E-state index in [2.05, 4.69) is 34.2 Å². The van der Waals surface area contributed by atoms with Crippen LogP contribution < -0.4 is 10.2 Å². The van der Waals surface area contributed by atoms with Crippen molar-refractivity contribution in [2.24, 2.45) is 0 Å². The Hall–Kier alpha value is -1.71. The van der Waals surface area contributed by atoms with Gasteiger partial charge in [0.2, 0.25) is 5.91 Å². The fourth-order valence-electron chi connectivity index (χ4n) is 3.52. The molecule has 0 radical (unpaired) electrons. The SMILES string of the molecule is CCC1CCCCN1C(=O)CN1CCNc2ccccc21. The molecule has 0 aromatic heterocycles. The number of nitrogens with zero attached hydrogens (tertiary/aromatic N) is 2. The van der Waals surface area contributed by atoms with Gasteiger partial charge in [0.1, 0.15) is 0 Å². The maximum atomic E-state index is 12.7. The van der Waals surface area contributed by atoms with Gasteiger partial charge in [0, 0.05) is 25.7 Å². The van der Waals surface area contributed by atoms with Crippen LogP contribution in [0.25, 0.3) is 0 Å². The number of carbonyl (C=O) groups excluding carboxylic acids is 1.